The van der Waals surface area contributed by atoms with Gasteiger partial charge >= 0.3 is 0 Å². The molecule has 5 aromatic rings. The van der Waals surface area contributed by atoms with E-state index in [4.69, 9.17) is 4.74 Å². The average Bonchev–Trinajstić information content (AvgIpc) is 3.56. The highest BCUT2D eigenvalue weighted by Gasteiger charge is 2.15. The number of ether oxygens (including phenoxy) is 1. The number of carbonyl (C=O) groups excluding carboxylic acids is 1. The van der Waals surface area contributed by atoms with Crippen molar-refractivity contribution in [1.29, 1.82) is 0 Å². The van der Waals surface area contributed by atoms with Crippen LogP contribution in [-0.4, -0.2) is 57.8 Å². The van der Waals surface area contributed by atoms with Crippen LogP contribution in [0.25, 0.3) is 22.2 Å². The first-order valence-corrected chi connectivity index (χ1v) is 13.6. The standard InChI is InChI=1S/C32H36N6O3/c1-32(2,3)24-8-6-21(7-9-24)19-38-20-23(17-34-38)30(39)35-25-16-27(31(40)33-18-25)29-15-22-14-26(10-11-28(22)36-29)41-13-12-37(4)5/h6-11,14-18,20,36H,12-13,19H2,1-5H3,(H,33,40)(H,35,39). The minimum atomic E-state index is -0.312. The highest BCUT2D eigenvalue weighted by atomic mass is 16.5. The Balaban J connectivity index is 1.27. The van der Waals surface area contributed by atoms with Crippen LogP contribution < -0.4 is 15.6 Å². The highest BCUT2D eigenvalue weighted by Crippen LogP contribution is 2.27. The molecule has 0 bridgehead atoms. The van der Waals surface area contributed by atoms with Gasteiger partial charge in [0.05, 0.1) is 35.2 Å². The summed E-state index contributed by atoms with van der Waals surface area (Å²) in [6.07, 6.45) is 4.75. The van der Waals surface area contributed by atoms with Crippen LogP contribution in [0.1, 0.15) is 42.3 Å². The molecule has 3 heterocycles. The molecule has 0 radical (unpaired) electrons. The van der Waals surface area contributed by atoms with E-state index in [0.717, 1.165) is 28.8 Å². The Bertz CT molecular complexity index is 1720. The number of amides is 1. The van der Waals surface area contributed by atoms with Gasteiger partial charge in [0.25, 0.3) is 11.5 Å². The summed E-state index contributed by atoms with van der Waals surface area (Å²) in [5, 5.41) is 8.16. The highest BCUT2D eigenvalue weighted by molar-refractivity contribution is 6.04. The fraction of sp³-hybridized carbons (Fsp3) is 0.281. The lowest BCUT2D eigenvalue weighted by Gasteiger charge is -2.19. The molecule has 9 heteroatoms. The first-order chi connectivity index (χ1) is 19.5. The van der Waals surface area contributed by atoms with Gasteiger partial charge in [0.15, 0.2) is 0 Å². The van der Waals surface area contributed by atoms with E-state index < -0.39 is 0 Å². The topological polar surface area (TPSA) is 108 Å². The van der Waals surface area contributed by atoms with Crippen LogP contribution >= 0.6 is 0 Å². The summed E-state index contributed by atoms with van der Waals surface area (Å²) in [6.45, 7) is 8.52. The van der Waals surface area contributed by atoms with Crippen molar-refractivity contribution in [3.8, 4) is 17.0 Å². The molecular formula is C32H36N6O3. The number of aromatic nitrogens is 4. The molecule has 212 valence electrons. The third-order valence-corrected chi connectivity index (χ3v) is 6.91. The summed E-state index contributed by atoms with van der Waals surface area (Å²) >= 11 is 0. The molecule has 0 saturated heterocycles. The number of fused-ring (bicyclic) bond motifs is 1. The number of pyridine rings is 1. The van der Waals surface area contributed by atoms with Crippen LogP contribution in [0, 0.1) is 0 Å². The molecule has 9 nitrogen and oxygen atoms in total. The monoisotopic (exact) mass is 552 g/mol. The Hall–Kier alpha value is -4.63. The van der Waals surface area contributed by atoms with Crippen molar-refractivity contribution in [2.24, 2.45) is 0 Å². The molecule has 2 aromatic carbocycles. The lowest BCUT2D eigenvalue weighted by molar-refractivity contribution is 0.102. The number of likely N-dealkylation sites (N-methyl/N-ethyl adjacent to an activating group) is 1. The van der Waals surface area contributed by atoms with Gasteiger partial charge < -0.3 is 24.9 Å². The van der Waals surface area contributed by atoms with E-state index in [9.17, 15) is 9.59 Å². The van der Waals surface area contributed by atoms with Gasteiger partial charge in [0, 0.05) is 29.8 Å². The van der Waals surface area contributed by atoms with Crippen LogP contribution in [0.2, 0.25) is 0 Å². The maximum atomic E-state index is 13.0. The predicted molar refractivity (Wildman–Crippen MR) is 163 cm³/mol. The number of benzene rings is 2. The van der Waals surface area contributed by atoms with Gasteiger partial charge in [0.1, 0.15) is 12.4 Å². The second kappa shape index (κ2) is 11.5. The zero-order chi connectivity index (χ0) is 29.1. The van der Waals surface area contributed by atoms with Gasteiger partial charge in [-0.25, -0.2) is 0 Å². The molecule has 0 saturated carbocycles. The van der Waals surface area contributed by atoms with E-state index in [1.165, 1.54) is 11.8 Å². The molecule has 0 spiro atoms. The van der Waals surface area contributed by atoms with Crippen LogP contribution in [0.15, 0.2) is 78.0 Å². The third kappa shape index (κ3) is 6.75. The Labute approximate surface area is 239 Å². The van der Waals surface area contributed by atoms with Crippen molar-refractivity contribution < 1.29 is 9.53 Å². The molecule has 0 atom stereocenters. The number of rotatable bonds is 9. The van der Waals surface area contributed by atoms with Gasteiger partial charge in [-0.2, -0.15) is 5.10 Å². The molecule has 0 aliphatic rings. The van der Waals surface area contributed by atoms with Crippen LogP contribution in [0.5, 0.6) is 5.75 Å². The van der Waals surface area contributed by atoms with E-state index in [-0.39, 0.29) is 16.9 Å². The number of hydrogen-bond acceptors (Lipinski definition) is 5. The van der Waals surface area contributed by atoms with Crippen molar-refractivity contribution >= 4 is 22.5 Å². The van der Waals surface area contributed by atoms with E-state index in [2.05, 4.69) is 70.3 Å². The molecule has 0 unspecified atom stereocenters. The minimum Gasteiger partial charge on any atom is -0.492 e. The summed E-state index contributed by atoms with van der Waals surface area (Å²) in [5.74, 6) is 0.454. The van der Waals surface area contributed by atoms with Gasteiger partial charge in [-0.05, 0) is 61.0 Å². The summed E-state index contributed by atoms with van der Waals surface area (Å²) in [4.78, 5) is 33.8. The lowest BCUT2D eigenvalue weighted by atomic mass is 9.87. The SMILES string of the molecule is CN(C)CCOc1ccc2[nH]c(-c3cc(NC(=O)c4cnn(Cc5ccc(C(C)(C)C)cc5)c4)c[nH]c3=O)cc2c1. The molecule has 0 aliphatic heterocycles. The Kier molecular flexibility index (Phi) is 7.81. The molecule has 0 aliphatic carbocycles. The van der Waals surface area contributed by atoms with Crippen molar-refractivity contribution in [2.45, 2.75) is 32.7 Å². The zero-order valence-electron chi connectivity index (χ0n) is 24.1. The Morgan fingerprint density at radius 2 is 1.85 bits per heavy atom. The quantitative estimate of drug-likeness (QED) is 0.231. The number of hydrogen-bond donors (Lipinski definition) is 3. The number of nitrogens with zero attached hydrogens (tertiary/aromatic N) is 3. The summed E-state index contributed by atoms with van der Waals surface area (Å²) in [7, 11) is 4.00. The summed E-state index contributed by atoms with van der Waals surface area (Å²) in [5.41, 5.74) is 5.05. The Morgan fingerprint density at radius 3 is 2.59 bits per heavy atom. The Morgan fingerprint density at radius 1 is 1.07 bits per heavy atom. The van der Waals surface area contributed by atoms with Gasteiger partial charge in [-0.3, -0.25) is 14.3 Å². The second-order valence-electron chi connectivity index (χ2n) is 11.5. The zero-order valence-corrected chi connectivity index (χ0v) is 24.1. The normalized spacial score (nSPS) is 11.8. The fourth-order valence-corrected chi connectivity index (χ4v) is 4.52. The largest absolute Gasteiger partial charge is 0.492 e. The second-order valence-corrected chi connectivity index (χ2v) is 11.5. The van der Waals surface area contributed by atoms with E-state index in [1.807, 2.05) is 38.4 Å². The molecule has 3 aromatic heterocycles. The minimum absolute atomic E-state index is 0.0928. The fourth-order valence-electron chi connectivity index (χ4n) is 4.52. The molecule has 5 rings (SSSR count). The van der Waals surface area contributed by atoms with E-state index in [0.29, 0.717) is 35.7 Å². The first-order valence-electron chi connectivity index (χ1n) is 13.6. The maximum Gasteiger partial charge on any atom is 0.258 e. The molecule has 41 heavy (non-hydrogen) atoms. The number of anilines is 1. The van der Waals surface area contributed by atoms with Crippen molar-refractivity contribution in [3.05, 3.63) is 100 Å². The molecular weight excluding hydrogens is 516 g/mol. The predicted octanol–water partition coefficient (Wildman–Crippen LogP) is 5.26. The number of aromatic amines is 2. The van der Waals surface area contributed by atoms with Gasteiger partial charge in [-0.15, -0.1) is 0 Å². The van der Waals surface area contributed by atoms with Crippen molar-refractivity contribution in [3.63, 3.8) is 0 Å². The van der Waals surface area contributed by atoms with Crippen LogP contribution in [-0.2, 0) is 12.0 Å². The maximum absolute atomic E-state index is 13.0. The number of nitrogens with one attached hydrogen (secondary N) is 3. The smallest absolute Gasteiger partial charge is 0.258 e. The molecule has 3 N–H and O–H groups in total. The summed E-state index contributed by atoms with van der Waals surface area (Å²) < 4.78 is 7.58. The van der Waals surface area contributed by atoms with E-state index >= 15 is 0 Å². The number of carbonyl (C=O) groups is 1. The van der Waals surface area contributed by atoms with Gasteiger partial charge in [0.2, 0.25) is 0 Å². The van der Waals surface area contributed by atoms with E-state index in [1.54, 1.807) is 23.1 Å². The van der Waals surface area contributed by atoms with Gasteiger partial charge in [-0.1, -0.05) is 45.0 Å². The third-order valence-electron chi connectivity index (χ3n) is 6.91. The summed E-state index contributed by atoms with van der Waals surface area (Å²) in [6, 6.07) is 17.8. The average molecular weight is 553 g/mol. The molecule has 1 amide bonds. The van der Waals surface area contributed by atoms with Crippen molar-refractivity contribution in [2.75, 3.05) is 32.6 Å². The lowest BCUT2D eigenvalue weighted by Crippen LogP contribution is -2.19. The first kappa shape index (κ1) is 27.9. The van der Waals surface area contributed by atoms with Crippen LogP contribution in [0.4, 0.5) is 5.69 Å². The van der Waals surface area contributed by atoms with Crippen molar-refractivity contribution in [1.82, 2.24) is 24.6 Å². The van der Waals surface area contributed by atoms with Crippen LogP contribution in [0.3, 0.4) is 0 Å². The number of H-pyrrole nitrogens is 2. The molecule has 0 fully saturated rings.